The predicted molar refractivity (Wildman–Crippen MR) is 81.8 cm³/mol. The van der Waals surface area contributed by atoms with Crippen LogP contribution in [0.4, 0.5) is 5.69 Å². The zero-order chi connectivity index (χ0) is 14.4. The molecular formula is C16H13ClN2O. The first-order chi connectivity index (χ1) is 9.69. The van der Waals surface area contributed by atoms with Gasteiger partial charge in [-0.1, -0.05) is 35.6 Å². The molecule has 0 unspecified atom stereocenters. The third-order valence-corrected chi connectivity index (χ3v) is 2.78. The van der Waals surface area contributed by atoms with Gasteiger partial charge < -0.3 is 11.1 Å². The van der Waals surface area contributed by atoms with Gasteiger partial charge in [0.15, 0.2) is 0 Å². The first-order valence-electron chi connectivity index (χ1n) is 6.05. The second kappa shape index (κ2) is 6.76. The quantitative estimate of drug-likeness (QED) is 0.833. The van der Waals surface area contributed by atoms with E-state index in [9.17, 15) is 4.79 Å². The highest BCUT2D eigenvalue weighted by molar-refractivity contribution is 6.31. The monoisotopic (exact) mass is 284 g/mol. The van der Waals surface area contributed by atoms with Crippen LogP contribution in [0.25, 0.3) is 0 Å². The Labute approximate surface area is 122 Å². The summed E-state index contributed by atoms with van der Waals surface area (Å²) >= 11 is 5.86. The van der Waals surface area contributed by atoms with Gasteiger partial charge in [0, 0.05) is 21.8 Å². The number of nitrogens with one attached hydrogen (secondary N) is 1. The molecule has 3 N–H and O–H groups in total. The van der Waals surface area contributed by atoms with Gasteiger partial charge in [0.25, 0.3) is 5.91 Å². The molecule has 0 atom stereocenters. The van der Waals surface area contributed by atoms with Crippen molar-refractivity contribution in [2.45, 2.75) is 0 Å². The molecule has 100 valence electrons. The average molecular weight is 285 g/mol. The van der Waals surface area contributed by atoms with Crippen molar-refractivity contribution in [3.63, 3.8) is 0 Å². The molecule has 0 spiro atoms. The van der Waals surface area contributed by atoms with Gasteiger partial charge in [0.1, 0.15) is 0 Å². The molecule has 0 aliphatic carbocycles. The molecule has 0 radical (unpaired) electrons. The fraction of sp³-hybridized carbons (Fsp3) is 0.0625. The molecule has 0 aliphatic rings. The van der Waals surface area contributed by atoms with E-state index >= 15 is 0 Å². The minimum absolute atomic E-state index is 0.212. The Morgan fingerprint density at radius 2 is 2.00 bits per heavy atom. The summed E-state index contributed by atoms with van der Waals surface area (Å²) in [6, 6.07) is 14.1. The normalized spacial score (nSPS) is 9.50. The van der Waals surface area contributed by atoms with Crippen molar-refractivity contribution in [2.75, 3.05) is 11.9 Å². The van der Waals surface area contributed by atoms with Crippen LogP contribution < -0.4 is 11.1 Å². The highest BCUT2D eigenvalue weighted by Crippen LogP contribution is 2.14. The Hall–Kier alpha value is -2.28. The summed E-state index contributed by atoms with van der Waals surface area (Å²) < 4.78 is 0. The molecular weight excluding hydrogens is 272 g/mol. The summed E-state index contributed by atoms with van der Waals surface area (Å²) in [6.45, 7) is 0.305. The highest BCUT2D eigenvalue weighted by Gasteiger charge is 2.06. The number of benzene rings is 2. The van der Waals surface area contributed by atoms with E-state index in [1.165, 1.54) is 0 Å². The minimum atomic E-state index is -0.212. The summed E-state index contributed by atoms with van der Waals surface area (Å²) in [5.74, 6) is 5.48. The van der Waals surface area contributed by atoms with E-state index in [0.717, 1.165) is 5.56 Å². The maximum atomic E-state index is 12.1. The lowest BCUT2D eigenvalue weighted by Gasteiger charge is -2.06. The summed E-state index contributed by atoms with van der Waals surface area (Å²) in [4.78, 5) is 12.1. The number of rotatable bonds is 2. The van der Waals surface area contributed by atoms with E-state index in [4.69, 9.17) is 17.3 Å². The van der Waals surface area contributed by atoms with E-state index < -0.39 is 0 Å². The van der Waals surface area contributed by atoms with E-state index in [-0.39, 0.29) is 5.91 Å². The van der Waals surface area contributed by atoms with Crippen LogP contribution >= 0.6 is 11.6 Å². The number of halogens is 1. The first-order valence-corrected chi connectivity index (χ1v) is 6.43. The van der Waals surface area contributed by atoms with Gasteiger partial charge in [-0.3, -0.25) is 4.79 Å². The van der Waals surface area contributed by atoms with E-state index in [1.807, 2.05) is 12.1 Å². The molecule has 0 aromatic heterocycles. The van der Waals surface area contributed by atoms with E-state index in [2.05, 4.69) is 17.2 Å². The maximum Gasteiger partial charge on any atom is 0.255 e. The topological polar surface area (TPSA) is 55.1 Å². The lowest BCUT2D eigenvalue weighted by molar-refractivity contribution is 0.102. The molecule has 2 aromatic rings. The standard InChI is InChI=1S/C16H13ClN2O/c17-14-7-2-6-13(11-14)16(20)19-15-8-1-4-12(10-15)5-3-9-18/h1-2,4,6-8,10-11H,9,18H2,(H,19,20). The van der Waals surface area contributed by atoms with E-state index in [1.54, 1.807) is 36.4 Å². The van der Waals surface area contributed by atoms with Gasteiger partial charge in [-0.2, -0.15) is 0 Å². The van der Waals surface area contributed by atoms with Gasteiger partial charge in [-0.05, 0) is 36.4 Å². The number of nitrogens with two attached hydrogens (primary N) is 1. The number of carbonyl (C=O) groups is 1. The smallest absolute Gasteiger partial charge is 0.255 e. The molecule has 3 nitrogen and oxygen atoms in total. The molecule has 2 aromatic carbocycles. The second-order valence-electron chi connectivity index (χ2n) is 4.05. The summed E-state index contributed by atoms with van der Waals surface area (Å²) in [6.07, 6.45) is 0. The molecule has 0 saturated heterocycles. The number of anilines is 1. The molecule has 0 fully saturated rings. The molecule has 0 aliphatic heterocycles. The lowest BCUT2D eigenvalue weighted by atomic mass is 10.1. The van der Waals surface area contributed by atoms with Crippen LogP contribution in [0.3, 0.4) is 0 Å². The largest absolute Gasteiger partial charge is 0.322 e. The molecule has 1 amide bonds. The Morgan fingerprint density at radius 3 is 2.75 bits per heavy atom. The predicted octanol–water partition coefficient (Wildman–Crippen LogP) is 2.90. The first kappa shape index (κ1) is 14.1. The molecule has 0 bridgehead atoms. The third kappa shape index (κ3) is 3.86. The summed E-state index contributed by atoms with van der Waals surface area (Å²) in [5.41, 5.74) is 7.32. The van der Waals surface area contributed by atoms with Gasteiger partial charge in [0.2, 0.25) is 0 Å². The SMILES string of the molecule is NCC#Cc1cccc(NC(=O)c2cccc(Cl)c2)c1. The van der Waals surface area contributed by atoms with Crippen LogP contribution in [0.2, 0.25) is 5.02 Å². The van der Waals surface area contributed by atoms with Crippen LogP contribution in [0, 0.1) is 11.8 Å². The fourth-order valence-corrected chi connectivity index (χ4v) is 1.85. The van der Waals surface area contributed by atoms with Crippen molar-refractivity contribution >= 4 is 23.2 Å². The summed E-state index contributed by atoms with van der Waals surface area (Å²) in [5, 5.41) is 3.33. The van der Waals surface area contributed by atoms with Gasteiger partial charge in [-0.15, -0.1) is 0 Å². The summed E-state index contributed by atoms with van der Waals surface area (Å²) in [7, 11) is 0. The van der Waals surface area contributed by atoms with Gasteiger partial charge >= 0.3 is 0 Å². The number of hydrogen-bond acceptors (Lipinski definition) is 2. The van der Waals surface area contributed by atoms with Crippen molar-refractivity contribution in [2.24, 2.45) is 5.73 Å². The minimum Gasteiger partial charge on any atom is -0.322 e. The van der Waals surface area contributed by atoms with E-state index in [0.29, 0.717) is 22.8 Å². The lowest BCUT2D eigenvalue weighted by Crippen LogP contribution is -2.11. The van der Waals surface area contributed by atoms with Crippen LogP contribution in [-0.4, -0.2) is 12.5 Å². The highest BCUT2D eigenvalue weighted by atomic mass is 35.5. The van der Waals surface area contributed by atoms with Crippen molar-refractivity contribution in [1.29, 1.82) is 0 Å². The zero-order valence-electron chi connectivity index (χ0n) is 10.7. The molecule has 20 heavy (non-hydrogen) atoms. The van der Waals surface area contributed by atoms with Crippen LogP contribution in [0.1, 0.15) is 15.9 Å². The van der Waals surface area contributed by atoms with Gasteiger partial charge in [-0.25, -0.2) is 0 Å². The van der Waals surface area contributed by atoms with Crippen molar-refractivity contribution < 1.29 is 4.79 Å². The Bertz CT molecular complexity index is 686. The van der Waals surface area contributed by atoms with Crippen LogP contribution in [0.5, 0.6) is 0 Å². The average Bonchev–Trinajstić information content (AvgIpc) is 2.45. The maximum absolute atomic E-state index is 12.1. The van der Waals surface area contributed by atoms with Crippen LogP contribution in [0.15, 0.2) is 48.5 Å². The zero-order valence-corrected chi connectivity index (χ0v) is 11.4. The number of carbonyl (C=O) groups excluding carboxylic acids is 1. The third-order valence-electron chi connectivity index (χ3n) is 2.54. The molecule has 0 saturated carbocycles. The fourth-order valence-electron chi connectivity index (χ4n) is 1.66. The molecule has 0 heterocycles. The van der Waals surface area contributed by atoms with Crippen LogP contribution in [-0.2, 0) is 0 Å². The molecule has 4 heteroatoms. The van der Waals surface area contributed by atoms with Crippen molar-refractivity contribution in [3.05, 3.63) is 64.7 Å². The Morgan fingerprint density at radius 1 is 1.20 bits per heavy atom. The van der Waals surface area contributed by atoms with Crippen molar-refractivity contribution in [1.82, 2.24) is 0 Å². The second-order valence-corrected chi connectivity index (χ2v) is 4.49. The molecule has 2 rings (SSSR count). The Balaban J connectivity index is 2.15. The Kier molecular flexibility index (Phi) is 4.78. The van der Waals surface area contributed by atoms with Crippen molar-refractivity contribution in [3.8, 4) is 11.8 Å². The number of hydrogen-bond donors (Lipinski definition) is 2. The number of amides is 1. The van der Waals surface area contributed by atoms with Gasteiger partial charge in [0.05, 0.1) is 6.54 Å².